The first kappa shape index (κ1) is 17.1. The van der Waals surface area contributed by atoms with Crippen LogP contribution in [0.3, 0.4) is 0 Å². The monoisotopic (exact) mass is 336 g/mol. The van der Waals surface area contributed by atoms with Crippen molar-refractivity contribution in [3.05, 3.63) is 18.1 Å². The van der Waals surface area contributed by atoms with E-state index in [1.807, 2.05) is 25.9 Å². The minimum absolute atomic E-state index is 0.165. The molecule has 0 bridgehead atoms. The number of likely N-dealkylation sites (N-methyl/N-ethyl adjacent to an activating group) is 1. The van der Waals surface area contributed by atoms with Crippen LogP contribution in [0.15, 0.2) is 12.4 Å². The summed E-state index contributed by atoms with van der Waals surface area (Å²) in [6, 6.07) is -0.276. The number of amides is 2. The number of nitrogens with zero attached hydrogens (tertiary/aromatic N) is 4. The first-order valence-corrected chi connectivity index (χ1v) is 7.91. The molecule has 0 aliphatic carbocycles. The first-order chi connectivity index (χ1) is 10.9. The Kier molecular flexibility index (Phi) is 5.45. The molecule has 9 heteroatoms. The summed E-state index contributed by atoms with van der Waals surface area (Å²) >= 11 is 1.35. The number of rotatable bonds is 5. The van der Waals surface area contributed by atoms with E-state index in [1.165, 1.54) is 22.9 Å². The topological polar surface area (TPSA) is 92.1 Å². The minimum atomic E-state index is -0.276. The summed E-state index contributed by atoms with van der Waals surface area (Å²) in [4.78, 5) is 30.3. The van der Waals surface area contributed by atoms with E-state index in [1.54, 1.807) is 12.4 Å². The standard InChI is InChI=1S/C14H20N6O2S/c1-9-12(23-13(17-9)18-10(2)21)11-7-16-20(8-11)14(22)15-5-6-19(3)4/h7-8H,5-6H2,1-4H3,(H,15,22)(H,17,18,21). The molecule has 0 radical (unpaired) electrons. The predicted molar refractivity (Wildman–Crippen MR) is 89.7 cm³/mol. The summed E-state index contributed by atoms with van der Waals surface area (Å²) in [5.41, 5.74) is 1.57. The highest BCUT2D eigenvalue weighted by atomic mass is 32.1. The molecular formula is C14H20N6O2S. The SMILES string of the molecule is CC(=O)Nc1nc(C)c(-c2cnn(C(=O)NCCN(C)C)c2)s1. The Balaban J connectivity index is 2.08. The normalized spacial score (nSPS) is 10.8. The zero-order valence-corrected chi connectivity index (χ0v) is 14.4. The molecule has 2 amide bonds. The van der Waals surface area contributed by atoms with Gasteiger partial charge in [-0.1, -0.05) is 11.3 Å². The average molecular weight is 336 g/mol. The molecule has 8 nitrogen and oxygen atoms in total. The minimum Gasteiger partial charge on any atom is -0.335 e. The number of aryl methyl sites for hydroxylation is 1. The van der Waals surface area contributed by atoms with Gasteiger partial charge in [-0.2, -0.15) is 9.78 Å². The number of aromatic nitrogens is 3. The van der Waals surface area contributed by atoms with Gasteiger partial charge in [-0.25, -0.2) is 9.78 Å². The van der Waals surface area contributed by atoms with Crippen molar-refractivity contribution in [1.29, 1.82) is 0 Å². The van der Waals surface area contributed by atoms with E-state index in [0.717, 1.165) is 22.7 Å². The van der Waals surface area contributed by atoms with E-state index in [-0.39, 0.29) is 11.9 Å². The maximum atomic E-state index is 12.0. The smallest absolute Gasteiger partial charge is 0.335 e. The number of carbonyl (C=O) groups is 2. The van der Waals surface area contributed by atoms with Crippen molar-refractivity contribution in [3.8, 4) is 10.4 Å². The molecule has 2 aromatic heterocycles. The lowest BCUT2D eigenvalue weighted by Gasteiger charge is -2.09. The average Bonchev–Trinajstić information content (AvgIpc) is 3.04. The van der Waals surface area contributed by atoms with Gasteiger partial charge in [0, 0.05) is 31.8 Å². The summed E-state index contributed by atoms with van der Waals surface area (Å²) in [7, 11) is 3.88. The zero-order chi connectivity index (χ0) is 17.0. The lowest BCUT2D eigenvalue weighted by Crippen LogP contribution is -2.34. The third-order valence-electron chi connectivity index (χ3n) is 2.97. The number of hydrogen-bond acceptors (Lipinski definition) is 6. The van der Waals surface area contributed by atoms with Gasteiger partial charge < -0.3 is 15.5 Å². The van der Waals surface area contributed by atoms with Crippen LogP contribution in [0.25, 0.3) is 10.4 Å². The van der Waals surface area contributed by atoms with E-state index in [2.05, 4.69) is 20.7 Å². The number of carbonyl (C=O) groups excluding carboxylic acids is 2. The van der Waals surface area contributed by atoms with E-state index in [4.69, 9.17) is 0 Å². The van der Waals surface area contributed by atoms with Crippen molar-refractivity contribution in [2.75, 3.05) is 32.5 Å². The Morgan fingerprint density at radius 2 is 2.13 bits per heavy atom. The fraction of sp³-hybridized carbons (Fsp3) is 0.429. The van der Waals surface area contributed by atoms with Gasteiger partial charge in [0.1, 0.15) is 0 Å². The third-order valence-corrected chi connectivity index (χ3v) is 4.09. The third kappa shape index (κ3) is 4.60. The molecule has 0 saturated carbocycles. The molecule has 2 N–H and O–H groups in total. The van der Waals surface area contributed by atoms with Crippen molar-refractivity contribution in [2.45, 2.75) is 13.8 Å². The number of thiazole rings is 1. The van der Waals surface area contributed by atoms with Crippen molar-refractivity contribution >= 4 is 28.4 Å². The highest BCUT2D eigenvalue weighted by molar-refractivity contribution is 7.19. The highest BCUT2D eigenvalue weighted by Gasteiger charge is 2.14. The van der Waals surface area contributed by atoms with Crippen LogP contribution in [-0.4, -0.2) is 58.8 Å². The molecule has 0 saturated heterocycles. The summed E-state index contributed by atoms with van der Waals surface area (Å²) in [6.45, 7) is 4.60. The van der Waals surface area contributed by atoms with E-state index < -0.39 is 0 Å². The second-order valence-electron chi connectivity index (χ2n) is 5.32. The van der Waals surface area contributed by atoms with Crippen LogP contribution in [0.1, 0.15) is 12.6 Å². The van der Waals surface area contributed by atoms with Crippen LogP contribution in [0.5, 0.6) is 0 Å². The molecule has 2 rings (SSSR count). The number of nitrogens with one attached hydrogen (secondary N) is 2. The summed E-state index contributed by atoms with van der Waals surface area (Å²) in [5, 5.41) is 10.1. The Bertz CT molecular complexity index is 706. The maximum absolute atomic E-state index is 12.0. The van der Waals surface area contributed by atoms with E-state index in [9.17, 15) is 9.59 Å². The number of anilines is 1. The predicted octanol–water partition coefficient (Wildman–Crippen LogP) is 1.39. The quantitative estimate of drug-likeness (QED) is 0.861. The molecule has 0 unspecified atom stereocenters. The Morgan fingerprint density at radius 3 is 2.78 bits per heavy atom. The van der Waals surface area contributed by atoms with Gasteiger partial charge in [-0.15, -0.1) is 0 Å². The largest absolute Gasteiger partial charge is 0.342 e. The molecule has 0 aromatic carbocycles. The first-order valence-electron chi connectivity index (χ1n) is 7.10. The Hall–Kier alpha value is -2.26. The van der Waals surface area contributed by atoms with Crippen LogP contribution in [0.4, 0.5) is 9.93 Å². The van der Waals surface area contributed by atoms with Gasteiger partial charge in [0.15, 0.2) is 5.13 Å². The molecule has 0 aliphatic rings. The van der Waals surface area contributed by atoms with Crippen LogP contribution in [-0.2, 0) is 4.79 Å². The van der Waals surface area contributed by atoms with Crippen molar-refractivity contribution in [1.82, 2.24) is 25.0 Å². The van der Waals surface area contributed by atoms with Gasteiger partial charge in [0.05, 0.1) is 16.8 Å². The van der Waals surface area contributed by atoms with Crippen molar-refractivity contribution in [2.24, 2.45) is 0 Å². The van der Waals surface area contributed by atoms with E-state index >= 15 is 0 Å². The van der Waals surface area contributed by atoms with Gasteiger partial charge in [0.25, 0.3) is 0 Å². The van der Waals surface area contributed by atoms with Gasteiger partial charge >= 0.3 is 6.03 Å². The van der Waals surface area contributed by atoms with Crippen LogP contribution in [0, 0.1) is 6.92 Å². The van der Waals surface area contributed by atoms with Crippen LogP contribution >= 0.6 is 11.3 Å². The Labute approximate surface area is 138 Å². The molecular weight excluding hydrogens is 316 g/mol. The fourth-order valence-electron chi connectivity index (χ4n) is 1.89. The summed E-state index contributed by atoms with van der Waals surface area (Å²) in [6.07, 6.45) is 3.27. The van der Waals surface area contributed by atoms with Crippen LogP contribution in [0.2, 0.25) is 0 Å². The molecule has 0 atom stereocenters. The lowest BCUT2D eigenvalue weighted by molar-refractivity contribution is -0.114. The maximum Gasteiger partial charge on any atom is 0.342 e. The molecule has 23 heavy (non-hydrogen) atoms. The molecule has 0 fully saturated rings. The van der Waals surface area contributed by atoms with Gasteiger partial charge in [-0.3, -0.25) is 4.79 Å². The summed E-state index contributed by atoms with van der Waals surface area (Å²) < 4.78 is 1.27. The lowest BCUT2D eigenvalue weighted by atomic mass is 10.2. The van der Waals surface area contributed by atoms with E-state index in [0.29, 0.717) is 11.7 Å². The molecule has 0 spiro atoms. The van der Waals surface area contributed by atoms with Gasteiger partial charge in [-0.05, 0) is 21.0 Å². The fourth-order valence-corrected chi connectivity index (χ4v) is 2.87. The second kappa shape index (κ2) is 7.34. The van der Waals surface area contributed by atoms with Crippen molar-refractivity contribution < 1.29 is 9.59 Å². The van der Waals surface area contributed by atoms with Crippen molar-refractivity contribution in [3.63, 3.8) is 0 Å². The van der Waals surface area contributed by atoms with Gasteiger partial charge in [0.2, 0.25) is 5.91 Å². The Morgan fingerprint density at radius 1 is 1.39 bits per heavy atom. The zero-order valence-electron chi connectivity index (χ0n) is 13.6. The second-order valence-corrected chi connectivity index (χ2v) is 6.32. The molecule has 124 valence electrons. The molecule has 0 aliphatic heterocycles. The summed E-state index contributed by atoms with van der Waals surface area (Å²) in [5.74, 6) is -0.165. The highest BCUT2D eigenvalue weighted by Crippen LogP contribution is 2.32. The van der Waals surface area contributed by atoms with Crippen LogP contribution < -0.4 is 10.6 Å². The molecule has 2 aromatic rings. The number of hydrogen-bond donors (Lipinski definition) is 2. The molecule has 2 heterocycles.